The van der Waals surface area contributed by atoms with Gasteiger partial charge in [-0.05, 0) is 61.5 Å². The molecule has 0 bridgehead atoms. The van der Waals surface area contributed by atoms with Crippen LogP contribution in [-0.2, 0) is 6.61 Å². The highest BCUT2D eigenvalue weighted by molar-refractivity contribution is 9.10. The molecule has 33 heavy (non-hydrogen) atoms. The van der Waals surface area contributed by atoms with E-state index in [-0.39, 0.29) is 17.7 Å². The number of hydrogen-bond donors (Lipinski definition) is 1. The first-order valence-electron chi connectivity index (χ1n) is 9.83. The van der Waals surface area contributed by atoms with Crippen molar-refractivity contribution >= 4 is 21.9 Å². The van der Waals surface area contributed by atoms with Crippen LogP contribution < -0.4 is 4.74 Å². The van der Waals surface area contributed by atoms with Crippen molar-refractivity contribution in [2.75, 3.05) is 0 Å². The highest BCUT2D eigenvalue weighted by Gasteiger charge is 2.17. The van der Waals surface area contributed by atoms with Crippen molar-refractivity contribution < 1.29 is 27.8 Å². The summed E-state index contributed by atoms with van der Waals surface area (Å²) in [5.41, 5.74) is 2.68. The molecule has 1 heterocycles. The smallest absolute Gasteiger partial charge is 0.335 e. The summed E-state index contributed by atoms with van der Waals surface area (Å²) in [7, 11) is 0. The third-order valence-electron chi connectivity index (χ3n) is 5.10. The van der Waals surface area contributed by atoms with E-state index in [1.165, 1.54) is 6.07 Å². The maximum Gasteiger partial charge on any atom is 0.335 e. The summed E-state index contributed by atoms with van der Waals surface area (Å²) in [4.78, 5) is 11.4. The van der Waals surface area contributed by atoms with Crippen LogP contribution in [0.25, 0.3) is 16.9 Å². The first-order chi connectivity index (χ1) is 15.7. The van der Waals surface area contributed by atoms with Crippen LogP contribution in [0.2, 0.25) is 0 Å². The zero-order valence-corrected chi connectivity index (χ0v) is 18.9. The number of ether oxygens (including phenoxy) is 1. The highest BCUT2D eigenvalue weighted by Crippen LogP contribution is 2.36. The molecule has 0 spiro atoms. The van der Waals surface area contributed by atoms with Crippen molar-refractivity contribution in [1.82, 2.24) is 4.57 Å². The number of hydrogen-bond acceptors (Lipinski definition) is 2. The third-order valence-corrected chi connectivity index (χ3v) is 5.59. The summed E-state index contributed by atoms with van der Waals surface area (Å²) in [6.45, 7) is 1.49. The van der Waals surface area contributed by atoms with Gasteiger partial charge in [-0.1, -0.05) is 22.0 Å². The lowest BCUT2D eigenvalue weighted by molar-refractivity contribution is 0.0697. The van der Waals surface area contributed by atoms with Gasteiger partial charge in [0.15, 0.2) is 11.6 Å². The number of halogens is 4. The van der Waals surface area contributed by atoms with Crippen molar-refractivity contribution in [1.29, 1.82) is 0 Å². The molecule has 1 aromatic heterocycles. The number of carboxylic acids is 1. The van der Waals surface area contributed by atoms with Crippen LogP contribution in [0.15, 0.2) is 71.2 Å². The van der Waals surface area contributed by atoms with Crippen LogP contribution in [0, 0.1) is 24.4 Å². The van der Waals surface area contributed by atoms with Crippen LogP contribution in [0.5, 0.6) is 5.75 Å². The maximum absolute atomic E-state index is 14.1. The number of nitrogens with zero attached hydrogens (tertiary/aromatic N) is 1. The maximum atomic E-state index is 14.1. The lowest BCUT2D eigenvalue weighted by Gasteiger charge is -2.17. The van der Waals surface area contributed by atoms with Crippen molar-refractivity contribution in [2.24, 2.45) is 0 Å². The number of rotatable bonds is 6. The predicted molar refractivity (Wildman–Crippen MR) is 121 cm³/mol. The second-order valence-corrected chi connectivity index (χ2v) is 8.26. The van der Waals surface area contributed by atoms with Crippen molar-refractivity contribution in [2.45, 2.75) is 13.5 Å². The minimum absolute atomic E-state index is 0.140. The SMILES string of the molecule is Cc1ccc(-c2cc(Br)ccc2OCc2cc(F)cc(F)c2F)n1-c1cccc(C(=O)O)c1. The molecule has 0 atom stereocenters. The molecule has 0 fully saturated rings. The van der Waals surface area contributed by atoms with Gasteiger partial charge >= 0.3 is 5.97 Å². The molecule has 4 rings (SSSR count). The second kappa shape index (κ2) is 9.15. The van der Waals surface area contributed by atoms with E-state index in [1.807, 2.05) is 23.6 Å². The van der Waals surface area contributed by atoms with E-state index in [9.17, 15) is 23.1 Å². The van der Waals surface area contributed by atoms with Gasteiger partial charge in [-0.2, -0.15) is 0 Å². The summed E-state index contributed by atoms with van der Waals surface area (Å²) >= 11 is 3.44. The fourth-order valence-corrected chi connectivity index (χ4v) is 3.93. The van der Waals surface area contributed by atoms with E-state index in [4.69, 9.17) is 4.74 Å². The number of benzene rings is 3. The average molecular weight is 516 g/mol. The lowest BCUT2D eigenvalue weighted by Crippen LogP contribution is -2.05. The molecule has 0 unspecified atom stereocenters. The number of carboxylic acid groups (broad SMARTS) is 1. The summed E-state index contributed by atoms with van der Waals surface area (Å²) in [5, 5.41) is 9.36. The van der Waals surface area contributed by atoms with E-state index in [1.54, 1.807) is 36.4 Å². The molecule has 1 N–H and O–H groups in total. The van der Waals surface area contributed by atoms with Crippen LogP contribution in [-0.4, -0.2) is 15.6 Å². The fourth-order valence-electron chi connectivity index (χ4n) is 3.57. The van der Waals surface area contributed by atoms with Crippen molar-refractivity contribution in [3.05, 3.63) is 105 Å². The van der Waals surface area contributed by atoms with Gasteiger partial charge in [0, 0.05) is 33.0 Å². The molecule has 8 heteroatoms. The molecular formula is C25H17BrF3NO3. The molecule has 0 saturated carbocycles. The second-order valence-electron chi connectivity index (χ2n) is 7.34. The van der Waals surface area contributed by atoms with E-state index in [2.05, 4.69) is 15.9 Å². The Morgan fingerprint density at radius 1 is 1.03 bits per heavy atom. The lowest BCUT2D eigenvalue weighted by atomic mass is 10.1. The Morgan fingerprint density at radius 3 is 2.58 bits per heavy atom. The zero-order chi connectivity index (χ0) is 23.7. The summed E-state index contributed by atoms with van der Waals surface area (Å²) in [6, 6.07) is 16.8. The minimum Gasteiger partial charge on any atom is -0.488 e. The fraction of sp³-hybridized carbons (Fsp3) is 0.0800. The summed E-state index contributed by atoms with van der Waals surface area (Å²) in [6.07, 6.45) is 0. The van der Waals surface area contributed by atoms with E-state index < -0.39 is 23.4 Å². The van der Waals surface area contributed by atoms with Crippen LogP contribution >= 0.6 is 15.9 Å². The molecule has 0 amide bonds. The topological polar surface area (TPSA) is 51.5 Å². The Labute approximate surface area is 196 Å². The predicted octanol–water partition coefficient (Wildman–Crippen LogP) is 6.91. The standard InChI is InChI=1S/C25H17BrF3NO3/c1-14-5-7-22(30(14)19-4-2-3-15(10-19)25(31)32)20-11-17(26)6-8-23(20)33-13-16-9-18(27)12-21(28)24(16)29/h2-12H,13H2,1H3,(H,31,32). The van der Waals surface area contributed by atoms with Gasteiger partial charge in [-0.15, -0.1) is 0 Å². The van der Waals surface area contributed by atoms with Gasteiger partial charge in [0.2, 0.25) is 0 Å². The Morgan fingerprint density at radius 2 is 1.82 bits per heavy atom. The quantitative estimate of drug-likeness (QED) is 0.284. The highest BCUT2D eigenvalue weighted by atomic mass is 79.9. The molecule has 0 radical (unpaired) electrons. The number of carbonyl (C=O) groups is 1. The molecular weight excluding hydrogens is 499 g/mol. The zero-order valence-electron chi connectivity index (χ0n) is 17.3. The average Bonchev–Trinajstić information content (AvgIpc) is 3.17. The summed E-state index contributed by atoms with van der Waals surface area (Å²) in [5.74, 6) is -4.03. The first kappa shape index (κ1) is 22.7. The largest absolute Gasteiger partial charge is 0.488 e. The van der Waals surface area contributed by atoms with Gasteiger partial charge in [0.1, 0.15) is 18.2 Å². The van der Waals surface area contributed by atoms with Gasteiger partial charge in [-0.3, -0.25) is 0 Å². The Bertz CT molecular complexity index is 1370. The molecule has 168 valence electrons. The van der Waals surface area contributed by atoms with E-state index in [0.717, 1.165) is 16.2 Å². The van der Waals surface area contributed by atoms with Crippen molar-refractivity contribution in [3.8, 4) is 22.7 Å². The Kier molecular flexibility index (Phi) is 6.29. The number of aryl methyl sites for hydroxylation is 1. The summed E-state index contributed by atoms with van der Waals surface area (Å²) < 4.78 is 49.6. The Balaban J connectivity index is 1.77. The van der Waals surface area contributed by atoms with E-state index >= 15 is 0 Å². The monoisotopic (exact) mass is 515 g/mol. The van der Waals surface area contributed by atoms with Gasteiger partial charge < -0.3 is 14.4 Å². The van der Waals surface area contributed by atoms with Gasteiger partial charge in [-0.25, -0.2) is 18.0 Å². The van der Waals surface area contributed by atoms with Crippen molar-refractivity contribution in [3.63, 3.8) is 0 Å². The molecule has 3 aromatic carbocycles. The molecule has 0 aliphatic heterocycles. The molecule has 0 aliphatic carbocycles. The minimum atomic E-state index is -1.28. The number of aromatic nitrogens is 1. The van der Waals surface area contributed by atoms with Crippen LogP contribution in [0.4, 0.5) is 13.2 Å². The van der Waals surface area contributed by atoms with Gasteiger partial charge in [0.25, 0.3) is 0 Å². The van der Waals surface area contributed by atoms with Crippen LogP contribution in [0.3, 0.4) is 0 Å². The molecule has 0 aliphatic rings. The van der Waals surface area contributed by atoms with Gasteiger partial charge in [0.05, 0.1) is 11.3 Å². The molecule has 0 saturated heterocycles. The molecule has 4 nitrogen and oxygen atoms in total. The Hall–Kier alpha value is -3.52. The van der Waals surface area contributed by atoms with Crippen LogP contribution in [0.1, 0.15) is 21.6 Å². The first-order valence-corrected chi connectivity index (χ1v) is 10.6. The number of aromatic carboxylic acids is 1. The normalized spacial score (nSPS) is 10.9. The van der Waals surface area contributed by atoms with E-state index in [0.29, 0.717) is 28.8 Å². The third kappa shape index (κ3) is 4.66. The molecule has 4 aromatic rings.